The molecule has 0 saturated heterocycles. The van der Waals surface area contributed by atoms with Crippen LogP contribution >= 0.6 is 0 Å². The zero-order chi connectivity index (χ0) is 13.1. The van der Waals surface area contributed by atoms with E-state index in [4.69, 9.17) is 4.74 Å². The van der Waals surface area contributed by atoms with Gasteiger partial charge in [-0.3, -0.25) is 4.98 Å². The van der Waals surface area contributed by atoms with Crippen LogP contribution < -0.4 is 0 Å². The van der Waals surface area contributed by atoms with E-state index >= 15 is 0 Å². The molecule has 3 nitrogen and oxygen atoms in total. The first-order valence-corrected chi connectivity index (χ1v) is 6.60. The number of rotatable bonds is 3. The first-order valence-electron chi connectivity index (χ1n) is 6.60. The second-order valence-corrected chi connectivity index (χ2v) is 5.17. The number of hydrogen-bond donors (Lipinski definition) is 0. The molecule has 0 fully saturated rings. The van der Waals surface area contributed by atoms with Crippen molar-refractivity contribution >= 4 is 0 Å². The largest absolute Gasteiger partial charge is 0.495 e. The molecule has 0 aliphatic carbocycles. The standard InChI is InChI=1S/C15H22N2O/c1-11(2)15-6-5-14(9-16-15)13(4)17-7-8-18-12(3)10-17/h5-6,9-11,13H,7-8H2,1-4H3/t13-/m1/s1. The molecule has 1 aromatic heterocycles. The van der Waals surface area contributed by atoms with E-state index in [1.165, 1.54) is 5.56 Å². The lowest BCUT2D eigenvalue weighted by Gasteiger charge is -2.31. The highest BCUT2D eigenvalue weighted by Gasteiger charge is 2.16. The summed E-state index contributed by atoms with van der Waals surface area (Å²) in [5.41, 5.74) is 2.41. The van der Waals surface area contributed by atoms with E-state index in [2.05, 4.69) is 49.0 Å². The minimum absolute atomic E-state index is 0.345. The van der Waals surface area contributed by atoms with Gasteiger partial charge in [-0.2, -0.15) is 0 Å². The number of ether oxygens (including phenoxy) is 1. The van der Waals surface area contributed by atoms with Crippen molar-refractivity contribution in [1.29, 1.82) is 0 Å². The number of pyridine rings is 1. The molecule has 0 aromatic carbocycles. The van der Waals surface area contributed by atoms with Crippen LogP contribution in [0.15, 0.2) is 30.3 Å². The summed E-state index contributed by atoms with van der Waals surface area (Å²) in [6, 6.07) is 4.66. The van der Waals surface area contributed by atoms with Gasteiger partial charge in [0, 0.05) is 18.1 Å². The summed E-state index contributed by atoms with van der Waals surface area (Å²) in [4.78, 5) is 6.84. The van der Waals surface area contributed by atoms with Gasteiger partial charge in [-0.25, -0.2) is 0 Å². The van der Waals surface area contributed by atoms with Crippen LogP contribution in [0, 0.1) is 0 Å². The first-order chi connectivity index (χ1) is 8.58. The minimum Gasteiger partial charge on any atom is -0.495 e. The van der Waals surface area contributed by atoms with E-state index in [1.54, 1.807) is 0 Å². The maximum absolute atomic E-state index is 5.45. The quantitative estimate of drug-likeness (QED) is 0.816. The Balaban J connectivity index is 2.13. The number of allylic oxidation sites excluding steroid dienone is 1. The predicted octanol–water partition coefficient (Wildman–Crippen LogP) is 3.46. The van der Waals surface area contributed by atoms with Crippen LogP contribution in [-0.2, 0) is 4.74 Å². The Morgan fingerprint density at radius 1 is 1.28 bits per heavy atom. The van der Waals surface area contributed by atoms with Gasteiger partial charge in [-0.15, -0.1) is 0 Å². The van der Waals surface area contributed by atoms with Crippen molar-refractivity contribution in [3.63, 3.8) is 0 Å². The van der Waals surface area contributed by atoms with E-state index in [0.29, 0.717) is 12.0 Å². The molecule has 1 aromatic rings. The van der Waals surface area contributed by atoms with Crippen molar-refractivity contribution in [1.82, 2.24) is 9.88 Å². The molecule has 0 saturated carbocycles. The van der Waals surface area contributed by atoms with Crippen molar-refractivity contribution < 1.29 is 4.74 Å². The third-order valence-electron chi connectivity index (χ3n) is 3.41. The zero-order valence-corrected chi connectivity index (χ0v) is 11.7. The van der Waals surface area contributed by atoms with Gasteiger partial charge in [0.2, 0.25) is 0 Å². The lowest BCUT2D eigenvalue weighted by atomic mass is 10.1. The van der Waals surface area contributed by atoms with Crippen LogP contribution in [0.2, 0.25) is 0 Å². The number of aromatic nitrogens is 1. The summed E-state index contributed by atoms with van der Waals surface area (Å²) in [7, 11) is 0. The fourth-order valence-corrected chi connectivity index (χ4v) is 2.15. The summed E-state index contributed by atoms with van der Waals surface area (Å²) < 4.78 is 5.45. The van der Waals surface area contributed by atoms with E-state index in [1.807, 2.05) is 13.1 Å². The van der Waals surface area contributed by atoms with Crippen LogP contribution in [0.1, 0.15) is 50.9 Å². The number of hydrogen-bond acceptors (Lipinski definition) is 3. The zero-order valence-electron chi connectivity index (χ0n) is 11.7. The van der Waals surface area contributed by atoms with E-state index < -0.39 is 0 Å². The molecule has 18 heavy (non-hydrogen) atoms. The van der Waals surface area contributed by atoms with Crippen LogP contribution in [0.3, 0.4) is 0 Å². The topological polar surface area (TPSA) is 25.4 Å². The molecule has 0 bridgehead atoms. The maximum Gasteiger partial charge on any atom is 0.109 e. The average molecular weight is 246 g/mol. The van der Waals surface area contributed by atoms with Crippen molar-refractivity contribution in [3.8, 4) is 0 Å². The van der Waals surface area contributed by atoms with Gasteiger partial charge in [0.05, 0.1) is 12.6 Å². The van der Waals surface area contributed by atoms with Gasteiger partial charge >= 0.3 is 0 Å². The maximum atomic E-state index is 5.45. The van der Waals surface area contributed by atoms with Crippen LogP contribution in [-0.4, -0.2) is 23.0 Å². The first kappa shape index (κ1) is 12.9. The summed E-state index contributed by atoms with van der Waals surface area (Å²) in [6.45, 7) is 10.2. The molecule has 2 rings (SSSR count). The van der Waals surface area contributed by atoms with Crippen molar-refractivity contribution in [2.45, 2.75) is 39.7 Å². The Bertz CT molecular complexity index is 423. The van der Waals surface area contributed by atoms with Crippen molar-refractivity contribution in [2.24, 2.45) is 0 Å². The minimum atomic E-state index is 0.345. The fraction of sp³-hybridized carbons (Fsp3) is 0.533. The monoisotopic (exact) mass is 246 g/mol. The van der Waals surface area contributed by atoms with E-state index in [0.717, 1.165) is 24.6 Å². The van der Waals surface area contributed by atoms with Gasteiger partial charge in [-0.05, 0) is 31.4 Å². The van der Waals surface area contributed by atoms with E-state index in [-0.39, 0.29) is 0 Å². The van der Waals surface area contributed by atoms with Crippen LogP contribution in [0.25, 0.3) is 0 Å². The molecule has 98 valence electrons. The second kappa shape index (κ2) is 5.42. The lowest BCUT2D eigenvalue weighted by molar-refractivity contribution is 0.126. The third-order valence-corrected chi connectivity index (χ3v) is 3.41. The highest BCUT2D eigenvalue weighted by Crippen LogP contribution is 2.23. The van der Waals surface area contributed by atoms with Crippen LogP contribution in [0.4, 0.5) is 0 Å². The predicted molar refractivity (Wildman–Crippen MR) is 73.2 cm³/mol. The Morgan fingerprint density at radius 3 is 2.61 bits per heavy atom. The molecular formula is C15H22N2O. The Hall–Kier alpha value is -1.51. The van der Waals surface area contributed by atoms with Gasteiger partial charge < -0.3 is 9.64 Å². The molecule has 0 unspecified atom stereocenters. The van der Waals surface area contributed by atoms with Crippen molar-refractivity contribution in [2.75, 3.05) is 13.2 Å². The van der Waals surface area contributed by atoms with Gasteiger partial charge in [0.1, 0.15) is 12.4 Å². The molecule has 0 N–H and O–H groups in total. The molecule has 1 aliphatic rings. The highest BCUT2D eigenvalue weighted by atomic mass is 16.5. The molecule has 0 spiro atoms. The van der Waals surface area contributed by atoms with Crippen molar-refractivity contribution in [3.05, 3.63) is 41.5 Å². The SMILES string of the molecule is CC1=CN([C@H](C)c2ccc(C(C)C)nc2)CCO1. The smallest absolute Gasteiger partial charge is 0.109 e. The molecule has 1 aliphatic heterocycles. The van der Waals surface area contributed by atoms with E-state index in [9.17, 15) is 0 Å². The molecular weight excluding hydrogens is 224 g/mol. The Kier molecular flexibility index (Phi) is 3.90. The summed E-state index contributed by atoms with van der Waals surface area (Å²) in [5.74, 6) is 1.47. The van der Waals surface area contributed by atoms with Gasteiger partial charge in [0.15, 0.2) is 0 Å². The average Bonchev–Trinajstić information content (AvgIpc) is 2.38. The Morgan fingerprint density at radius 2 is 2.06 bits per heavy atom. The normalized spacial score (nSPS) is 17.4. The second-order valence-electron chi connectivity index (χ2n) is 5.17. The molecule has 1 atom stereocenters. The molecule has 0 radical (unpaired) electrons. The molecule has 0 amide bonds. The number of nitrogens with zero attached hydrogens (tertiary/aromatic N) is 2. The molecule has 3 heteroatoms. The highest BCUT2D eigenvalue weighted by molar-refractivity contribution is 5.20. The molecule has 2 heterocycles. The summed E-state index contributed by atoms with van der Waals surface area (Å²) in [5, 5.41) is 0. The summed E-state index contributed by atoms with van der Waals surface area (Å²) in [6.07, 6.45) is 4.09. The third kappa shape index (κ3) is 2.84. The van der Waals surface area contributed by atoms with Gasteiger partial charge in [0.25, 0.3) is 0 Å². The van der Waals surface area contributed by atoms with Crippen LogP contribution in [0.5, 0.6) is 0 Å². The lowest BCUT2D eigenvalue weighted by Crippen LogP contribution is -2.29. The fourth-order valence-electron chi connectivity index (χ4n) is 2.15. The van der Waals surface area contributed by atoms with Gasteiger partial charge in [-0.1, -0.05) is 19.9 Å². The summed E-state index contributed by atoms with van der Waals surface area (Å²) >= 11 is 0. The Labute approximate surface area is 109 Å².